The van der Waals surface area contributed by atoms with Gasteiger partial charge in [-0.05, 0) is 35.4 Å². The summed E-state index contributed by atoms with van der Waals surface area (Å²) >= 11 is 0. The summed E-state index contributed by atoms with van der Waals surface area (Å²) in [5, 5.41) is 0. The second-order valence-corrected chi connectivity index (χ2v) is 10.3. The van der Waals surface area contributed by atoms with Crippen molar-refractivity contribution >= 4 is 9.84 Å². The van der Waals surface area contributed by atoms with E-state index < -0.39 is 9.84 Å². The van der Waals surface area contributed by atoms with Crippen LogP contribution in [0.5, 0.6) is 0 Å². The zero-order valence-corrected chi connectivity index (χ0v) is 18.0. The minimum absolute atomic E-state index is 0.0831. The number of pyridine rings is 1. The summed E-state index contributed by atoms with van der Waals surface area (Å²) in [5.41, 5.74) is 6.52. The molecule has 1 aromatic heterocycles. The number of hydrogen-bond acceptors (Lipinski definition) is 2. The van der Waals surface area contributed by atoms with E-state index in [9.17, 15) is 8.42 Å². The Morgan fingerprint density at radius 3 is 1.48 bits per heavy atom. The summed E-state index contributed by atoms with van der Waals surface area (Å²) in [4.78, 5) is 0. The predicted molar refractivity (Wildman–Crippen MR) is 125 cm³/mol. The number of hydrogen-bond donors (Lipinski definition) is 0. The highest BCUT2D eigenvalue weighted by atomic mass is 32.2. The summed E-state index contributed by atoms with van der Waals surface area (Å²) in [5.74, 6) is 0.426. The first kappa shape index (κ1) is 19.7. The highest BCUT2D eigenvalue weighted by molar-refractivity contribution is 7.91. The fraction of sp³-hybridized carbons (Fsp3) is 0.148. The molecule has 3 aromatic carbocycles. The number of aromatic nitrogens is 1. The van der Waals surface area contributed by atoms with Gasteiger partial charge in [0.25, 0.3) is 0 Å². The molecule has 31 heavy (non-hydrogen) atoms. The maximum absolute atomic E-state index is 12.4. The molecule has 0 N–H and O–H groups in total. The van der Waals surface area contributed by atoms with Gasteiger partial charge in [-0.25, -0.2) is 8.42 Å². The molecular weight excluding hydrogens is 402 g/mol. The highest BCUT2D eigenvalue weighted by Crippen LogP contribution is 2.32. The second-order valence-electron chi connectivity index (χ2n) is 8.04. The van der Waals surface area contributed by atoms with Gasteiger partial charge in [0.15, 0.2) is 15.9 Å². The summed E-state index contributed by atoms with van der Waals surface area (Å²) in [6, 6.07) is 35.2. The summed E-state index contributed by atoms with van der Waals surface area (Å²) in [6.45, 7) is 0. The van der Waals surface area contributed by atoms with Crippen LogP contribution >= 0.6 is 0 Å². The third-order valence-electron chi connectivity index (χ3n) is 5.92. The smallest absolute Gasteiger partial charge is 0.213 e. The van der Waals surface area contributed by atoms with Crippen LogP contribution in [0.2, 0.25) is 0 Å². The Hall–Kier alpha value is -3.24. The summed E-state index contributed by atoms with van der Waals surface area (Å²) in [7, 11) is -3.02. The molecule has 4 heteroatoms. The molecule has 1 aliphatic rings. The van der Waals surface area contributed by atoms with Gasteiger partial charge in [-0.15, -0.1) is 0 Å². The van der Waals surface area contributed by atoms with Crippen LogP contribution in [0.25, 0.3) is 33.6 Å². The maximum atomic E-state index is 12.4. The van der Waals surface area contributed by atoms with E-state index >= 15 is 0 Å². The Morgan fingerprint density at radius 1 is 0.613 bits per heavy atom. The van der Waals surface area contributed by atoms with Crippen molar-refractivity contribution in [3.63, 3.8) is 0 Å². The summed E-state index contributed by atoms with van der Waals surface area (Å²) < 4.78 is 27.0. The quantitative estimate of drug-likeness (QED) is 0.414. The minimum atomic E-state index is -3.02. The van der Waals surface area contributed by atoms with E-state index in [2.05, 4.69) is 53.1 Å². The van der Waals surface area contributed by atoms with Crippen molar-refractivity contribution in [1.29, 1.82) is 0 Å². The van der Waals surface area contributed by atoms with E-state index in [0.717, 1.165) is 33.6 Å². The molecule has 0 unspecified atom stereocenters. The normalized spacial score (nSPS) is 17.5. The van der Waals surface area contributed by atoms with Gasteiger partial charge in [0.1, 0.15) is 5.75 Å². The third-order valence-corrected chi connectivity index (χ3v) is 7.67. The van der Waals surface area contributed by atoms with Gasteiger partial charge in [0.2, 0.25) is 11.4 Å². The van der Waals surface area contributed by atoms with Gasteiger partial charge >= 0.3 is 0 Å². The highest BCUT2D eigenvalue weighted by Gasteiger charge is 2.38. The molecule has 0 radical (unpaired) electrons. The van der Waals surface area contributed by atoms with Gasteiger partial charge < -0.3 is 0 Å². The number of nitrogens with zero attached hydrogens (tertiary/aromatic N) is 1. The number of benzene rings is 3. The predicted octanol–water partition coefficient (Wildman–Crippen LogP) is 5.33. The monoisotopic (exact) mass is 426 g/mol. The Balaban J connectivity index is 1.82. The zero-order valence-electron chi connectivity index (χ0n) is 17.2. The van der Waals surface area contributed by atoms with Crippen LogP contribution in [0.4, 0.5) is 0 Å². The second kappa shape index (κ2) is 8.12. The van der Waals surface area contributed by atoms with Gasteiger partial charge in [0, 0.05) is 29.7 Å². The molecule has 154 valence electrons. The van der Waals surface area contributed by atoms with Crippen molar-refractivity contribution in [1.82, 2.24) is 0 Å². The molecule has 3 nitrogen and oxygen atoms in total. The van der Waals surface area contributed by atoms with Crippen molar-refractivity contribution in [2.45, 2.75) is 12.5 Å². The first-order chi connectivity index (χ1) is 15.1. The number of sulfone groups is 1. The molecule has 1 saturated heterocycles. The first-order valence-electron chi connectivity index (χ1n) is 10.6. The molecule has 0 spiro atoms. The summed E-state index contributed by atoms with van der Waals surface area (Å²) in [6.07, 6.45) is 0.636. The van der Waals surface area contributed by atoms with Gasteiger partial charge in [-0.1, -0.05) is 66.7 Å². The van der Waals surface area contributed by atoms with Crippen molar-refractivity contribution in [2.24, 2.45) is 0 Å². The third kappa shape index (κ3) is 4.04. The minimum Gasteiger partial charge on any atom is -0.229 e. The van der Waals surface area contributed by atoms with E-state index in [0.29, 0.717) is 6.42 Å². The average Bonchev–Trinajstić information content (AvgIpc) is 3.19. The van der Waals surface area contributed by atoms with Crippen molar-refractivity contribution in [2.75, 3.05) is 11.5 Å². The van der Waals surface area contributed by atoms with Crippen LogP contribution in [-0.4, -0.2) is 19.9 Å². The average molecular weight is 427 g/mol. The maximum Gasteiger partial charge on any atom is 0.213 e. The van der Waals surface area contributed by atoms with Crippen LogP contribution in [0.3, 0.4) is 0 Å². The fourth-order valence-corrected chi connectivity index (χ4v) is 6.14. The van der Waals surface area contributed by atoms with E-state index in [1.807, 2.05) is 54.6 Å². The lowest BCUT2D eigenvalue weighted by atomic mass is 9.98. The number of rotatable bonds is 4. The van der Waals surface area contributed by atoms with Crippen LogP contribution in [0, 0.1) is 0 Å². The lowest BCUT2D eigenvalue weighted by Gasteiger charge is -2.16. The Bertz CT molecular complexity index is 1240. The molecular formula is C27H24NO2S+. The first-order valence-corrected chi connectivity index (χ1v) is 12.4. The molecule has 0 saturated carbocycles. The van der Waals surface area contributed by atoms with Crippen molar-refractivity contribution in [3.05, 3.63) is 103 Å². The Morgan fingerprint density at radius 2 is 1.06 bits per heavy atom. The molecule has 0 bridgehead atoms. The van der Waals surface area contributed by atoms with Gasteiger partial charge in [-0.3, -0.25) is 0 Å². The fourth-order valence-electron chi connectivity index (χ4n) is 4.44. The standard InChI is InChI=1S/C27H24NO2S/c29-31(30)17-16-25(20-31)28-26(22-12-6-2-7-13-22)18-24(21-10-4-1-5-11-21)19-27(28)23-14-8-3-9-15-23/h1-15,18-19,25H,16-17,20H2/q+1/t25-/m1/s1. The molecule has 0 aliphatic carbocycles. The topological polar surface area (TPSA) is 38.0 Å². The van der Waals surface area contributed by atoms with Gasteiger partial charge in [-0.2, -0.15) is 4.57 Å². The van der Waals surface area contributed by atoms with E-state index in [4.69, 9.17) is 0 Å². The Kier molecular flexibility index (Phi) is 5.16. The zero-order chi connectivity index (χ0) is 21.3. The van der Waals surface area contributed by atoms with Crippen LogP contribution in [-0.2, 0) is 9.84 Å². The van der Waals surface area contributed by atoms with E-state index in [1.54, 1.807) is 0 Å². The van der Waals surface area contributed by atoms with Crippen LogP contribution < -0.4 is 4.57 Å². The SMILES string of the molecule is O=S1(=O)CC[C@@H]([n+]2c(-c3ccccc3)cc(-c3ccccc3)cc2-c2ccccc2)C1. The molecule has 5 rings (SSSR count). The van der Waals surface area contributed by atoms with E-state index in [1.165, 1.54) is 0 Å². The largest absolute Gasteiger partial charge is 0.229 e. The lowest BCUT2D eigenvalue weighted by Crippen LogP contribution is -2.44. The van der Waals surface area contributed by atoms with E-state index in [-0.39, 0.29) is 17.5 Å². The lowest BCUT2D eigenvalue weighted by molar-refractivity contribution is -0.696. The molecule has 1 aliphatic heterocycles. The molecule has 0 amide bonds. The molecule has 2 heterocycles. The van der Waals surface area contributed by atoms with Gasteiger partial charge in [0.05, 0.1) is 5.75 Å². The Labute approximate surface area is 183 Å². The molecule has 1 fully saturated rings. The van der Waals surface area contributed by atoms with Crippen molar-refractivity contribution in [3.8, 4) is 33.6 Å². The van der Waals surface area contributed by atoms with Crippen molar-refractivity contribution < 1.29 is 13.0 Å². The molecule has 1 atom stereocenters. The van der Waals surface area contributed by atoms with Crippen LogP contribution in [0.15, 0.2) is 103 Å². The van der Waals surface area contributed by atoms with Crippen LogP contribution in [0.1, 0.15) is 12.5 Å². The molecule has 4 aromatic rings.